The number of nitrogens with zero attached hydrogens (tertiary/aromatic N) is 1. The minimum absolute atomic E-state index is 0.0655. The fourth-order valence-electron chi connectivity index (χ4n) is 1.97. The number of nitrogens with one attached hydrogen (secondary N) is 1. The highest BCUT2D eigenvalue weighted by Gasteiger charge is 2.32. The van der Waals surface area contributed by atoms with Crippen LogP contribution in [-0.2, 0) is 6.18 Å². The molecule has 1 atom stereocenters. The number of hydrogen-bond donors (Lipinski definition) is 1. The minimum atomic E-state index is -4.55. The van der Waals surface area contributed by atoms with Gasteiger partial charge in [-0.2, -0.15) is 13.2 Å². The third kappa shape index (κ3) is 4.12. The second-order valence-electron chi connectivity index (χ2n) is 4.88. The Morgan fingerprint density at radius 3 is 2.25 bits per heavy atom. The molecular weight excluding hydrogens is 388 g/mol. The molecule has 0 spiro atoms. The Kier molecular flexibility index (Phi) is 5.63. The van der Waals surface area contributed by atoms with Crippen molar-refractivity contribution in [1.29, 1.82) is 0 Å². The Balaban J connectivity index is 2.24. The van der Waals surface area contributed by atoms with Crippen LogP contribution in [0.1, 0.15) is 34.6 Å². The Morgan fingerprint density at radius 1 is 1.17 bits per heavy atom. The minimum Gasteiger partial charge on any atom is -0.344 e. The third-order valence-corrected chi connectivity index (χ3v) is 4.08. The highest BCUT2D eigenvalue weighted by molar-refractivity contribution is 6.39. The molecule has 24 heavy (non-hydrogen) atoms. The van der Waals surface area contributed by atoms with Crippen LogP contribution in [0.5, 0.6) is 0 Å². The second kappa shape index (κ2) is 7.17. The number of amides is 1. The number of aromatic nitrogens is 1. The first-order chi connectivity index (χ1) is 11.1. The summed E-state index contributed by atoms with van der Waals surface area (Å²) in [6, 6.07) is 4.58. The zero-order chi connectivity index (χ0) is 18.1. The maximum absolute atomic E-state index is 12.6. The topological polar surface area (TPSA) is 42.0 Å². The molecule has 0 fully saturated rings. The van der Waals surface area contributed by atoms with E-state index in [0.717, 1.165) is 6.07 Å². The van der Waals surface area contributed by atoms with Crippen LogP contribution in [-0.4, -0.2) is 10.9 Å². The maximum Gasteiger partial charge on any atom is 0.417 e. The van der Waals surface area contributed by atoms with Crippen molar-refractivity contribution in [1.82, 2.24) is 10.3 Å². The van der Waals surface area contributed by atoms with Gasteiger partial charge in [0, 0.05) is 6.20 Å². The predicted molar refractivity (Wildman–Crippen MR) is 86.6 cm³/mol. The highest BCUT2D eigenvalue weighted by Crippen LogP contribution is 2.32. The quantitative estimate of drug-likeness (QED) is 0.737. The van der Waals surface area contributed by atoms with E-state index in [1.54, 1.807) is 6.07 Å². The molecule has 0 aliphatic rings. The molecule has 2 aromatic rings. The zero-order valence-corrected chi connectivity index (χ0v) is 14.4. The van der Waals surface area contributed by atoms with Gasteiger partial charge in [-0.1, -0.05) is 40.9 Å². The largest absolute Gasteiger partial charge is 0.417 e. The summed E-state index contributed by atoms with van der Waals surface area (Å²) in [6.07, 6.45) is -3.89. The molecule has 1 aromatic heterocycles. The number of rotatable bonds is 3. The molecule has 0 aliphatic carbocycles. The highest BCUT2D eigenvalue weighted by atomic mass is 35.5. The number of hydrogen-bond acceptors (Lipinski definition) is 2. The average Bonchev–Trinajstić information content (AvgIpc) is 2.45. The number of pyridine rings is 1. The lowest BCUT2D eigenvalue weighted by molar-refractivity contribution is -0.137. The molecule has 1 heterocycles. The van der Waals surface area contributed by atoms with Gasteiger partial charge < -0.3 is 5.32 Å². The predicted octanol–water partition coefficient (Wildman–Crippen LogP) is 5.55. The Labute approximate surface area is 150 Å². The van der Waals surface area contributed by atoms with Gasteiger partial charge in [0.25, 0.3) is 5.91 Å². The van der Waals surface area contributed by atoms with Crippen molar-refractivity contribution >= 4 is 40.7 Å². The number of carbonyl (C=O) groups excluding carboxylic acids is 1. The molecule has 0 aliphatic heterocycles. The van der Waals surface area contributed by atoms with E-state index < -0.39 is 23.7 Å². The molecule has 0 saturated heterocycles. The molecule has 0 radical (unpaired) electrons. The van der Waals surface area contributed by atoms with Gasteiger partial charge in [0.1, 0.15) is 0 Å². The Hall–Kier alpha value is -1.50. The summed E-state index contributed by atoms with van der Waals surface area (Å²) in [7, 11) is 0. The third-order valence-electron chi connectivity index (χ3n) is 3.14. The van der Waals surface area contributed by atoms with Crippen molar-refractivity contribution in [3.8, 4) is 0 Å². The molecule has 3 nitrogen and oxygen atoms in total. The van der Waals surface area contributed by atoms with Crippen LogP contribution >= 0.6 is 34.8 Å². The summed E-state index contributed by atoms with van der Waals surface area (Å²) in [5.74, 6) is -0.587. The van der Waals surface area contributed by atoms with Crippen molar-refractivity contribution in [2.75, 3.05) is 0 Å². The second-order valence-corrected chi connectivity index (χ2v) is 6.10. The molecule has 1 N–H and O–H groups in total. The average molecular weight is 398 g/mol. The summed E-state index contributed by atoms with van der Waals surface area (Å²) < 4.78 is 37.9. The van der Waals surface area contributed by atoms with Crippen LogP contribution in [0.25, 0.3) is 0 Å². The molecule has 0 saturated carbocycles. The summed E-state index contributed by atoms with van der Waals surface area (Å²) in [5.41, 5.74) is -0.805. The monoisotopic (exact) mass is 396 g/mol. The summed E-state index contributed by atoms with van der Waals surface area (Å²) in [5, 5.41) is 2.65. The standard InChI is InChI=1S/C15H10Cl3F3N2O/c1-7(13-11(18)5-8(6-22-13)15(19,20)21)23-14(24)12-9(16)3-2-4-10(12)17/h2-7H,1H3,(H,23,24)/t7-/m0/s1. The molecule has 0 bridgehead atoms. The SMILES string of the molecule is C[C@H](NC(=O)c1c(Cl)cccc1Cl)c1ncc(C(F)(F)F)cc1Cl. The van der Waals surface area contributed by atoms with E-state index in [4.69, 9.17) is 34.8 Å². The first kappa shape index (κ1) is 18.8. The Morgan fingerprint density at radius 2 is 1.75 bits per heavy atom. The van der Waals surface area contributed by atoms with Crippen molar-refractivity contribution in [3.05, 3.63) is 62.4 Å². The lowest BCUT2D eigenvalue weighted by Crippen LogP contribution is -2.28. The number of halogens is 6. The van der Waals surface area contributed by atoms with Crippen LogP contribution in [0.4, 0.5) is 13.2 Å². The van der Waals surface area contributed by atoms with Gasteiger partial charge in [-0.05, 0) is 25.1 Å². The maximum atomic E-state index is 12.6. The van der Waals surface area contributed by atoms with E-state index in [1.165, 1.54) is 19.1 Å². The van der Waals surface area contributed by atoms with Gasteiger partial charge in [0.2, 0.25) is 0 Å². The first-order valence-corrected chi connectivity index (χ1v) is 7.72. The number of benzene rings is 1. The smallest absolute Gasteiger partial charge is 0.344 e. The van der Waals surface area contributed by atoms with Gasteiger partial charge in [-0.25, -0.2) is 0 Å². The van der Waals surface area contributed by atoms with E-state index in [-0.39, 0.29) is 26.3 Å². The number of carbonyl (C=O) groups is 1. The molecule has 128 valence electrons. The van der Waals surface area contributed by atoms with Crippen molar-refractivity contribution in [2.24, 2.45) is 0 Å². The summed E-state index contributed by atoms with van der Waals surface area (Å²) in [6.45, 7) is 1.53. The van der Waals surface area contributed by atoms with Gasteiger partial charge in [0.05, 0.1) is 37.9 Å². The summed E-state index contributed by atoms with van der Waals surface area (Å²) >= 11 is 17.7. The van der Waals surface area contributed by atoms with Crippen LogP contribution in [0.15, 0.2) is 30.5 Å². The molecular formula is C15H10Cl3F3N2O. The van der Waals surface area contributed by atoms with E-state index in [0.29, 0.717) is 6.20 Å². The van der Waals surface area contributed by atoms with E-state index in [9.17, 15) is 18.0 Å². The van der Waals surface area contributed by atoms with Gasteiger partial charge >= 0.3 is 6.18 Å². The lowest BCUT2D eigenvalue weighted by Gasteiger charge is -2.17. The molecule has 1 amide bonds. The lowest BCUT2D eigenvalue weighted by atomic mass is 10.1. The fourth-order valence-corrected chi connectivity index (χ4v) is 2.87. The molecule has 0 unspecified atom stereocenters. The van der Waals surface area contributed by atoms with E-state index >= 15 is 0 Å². The fraction of sp³-hybridized carbons (Fsp3) is 0.200. The molecule has 2 rings (SSSR count). The van der Waals surface area contributed by atoms with Crippen molar-refractivity contribution in [3.63, 3.8) is 0 Å². The molecule has 9 heteroatoms. The number of alkyl halides is 3. The molecule has 1 aromatic carbocycles. The van der Waals surface area contributed by atoms with Gasteiger partial charge in [0.15, 0.2) is 0 Å². The van der Waals surface area contributed by atoms with Crippen molar-refractivity contribution < 1.29 is 18.0 Å². The van der Waals surface area contributed by atoms with E-state index in [2.05, 4.69) is 10.3 Å². The van der Waals surface area contributed by atoms with Gasteiger partial charge in [-0.15, -0.1) is 0 Å². The van der Waals surface area contributed by atoms with Crippen LogP contribution in [0.3, 0.4) is 0 Å². The Bertz CT molecular complexity index is 761. The first-order valence-electron chi connectivity index (χ1n) is 6.58. The normalized spacial score (nSPS) is 12.8. The van der Waals surface area contributed by atoms with Crippen LogP contribution in [0.2, 0.25) is 15.1 Å². The van der Waals surface area contributed by atoms with E-state index in [1.807, 2.05) is 0 Å². The van der Waals surface area contributed by atoms with Crippen LogP contribution in [0, 0.1) is 0 Å². The van der Waals surface area contributed by atoms with Crippen LogP contribution < -0.4 is 5.32 Å². The summed E-state index contributed by atoms with van der Waals surface area (Å²) in [4.78, 5) is 16.0. The van der Waals surface area contributed by atoms with Crippen molar-refractivity contribution in [2.45, 2.75) is 19.1 Å². The zero-order valence-electron chi connectivity index (χ0n) is 12.1. The van der Waals surface area contributed by atoms with Gasteiger partial charge in [-0.3, -0.25) is 9.78 Å².